The van der Waals surface area contributed by atoms with Crippen LogP contribution < -0.4 is 0 Å². The molecule has 1 N–H and O–H groups in total. The van der Waals surface area contributed by atoms with Gasteiger partial charge in [-0.05, 0) is 6.92 Å². The third kappa shape index (κ3) is 2.70. The fourth-order valence-corrected chi connectivity index (χ4v) is 1.60. The van der Waals surface area contributed by atoms with Crippen molar-refractivity contribution in [2.24, 2.45) is 0 Å². The highest BCUT2D eigenvalue weighted by Gasteiger charge is 2.26. The van der Waals surface area contributed by atoms with E-state index in [1.54, 1.807) is 11.9 Å². The van der Waals surface area contributed by atoms with Crippen LogP contribution in [0.2, 0.25) is 0 Å². The minimum Gasteiger partial charge on any atom is -0.481 e. The van der Waals surface area contributed by atoms with Gasteiger partial charge in [-0.25, -0.2) is 0 Å². The van der Waals surface area contributed by atoms with Crippen LogP contribution in [0, 0.1) is 0 Å². The highest BCUT2D eigenvalue weighted by atomic mass is 16.4. The van der Waals surface area contributed by atoms with Crippen LogP contribution in [0.15, 0.2) is 0 Å². The Morgan fingerprint density at radius 3 is 2.86 bits per heavy atom. The number of carboxylic acids is 1. The number of rotatable bonds is 3. The predicted molar refractivity (Wildman–Crippen MR) is 50.9 cm³/mol. The van der Waals surface area contributed by atoms with Crippen molar-refractivity contribution in [1.82, 2.24) is 9.80 Å². The standard InChI is InChI=1S/C9H16N2O3/c1-7-5-10(2)8(12)6-11(7)4-3-9(13)14/h7H,3-6H2,1-2H3,(H,13,14). The molecule has 0 aromatic heterocycles. The van der Waals surface area contributed by atoms with E-state index >= 15 is 0 Å². The van der Waals surface area contributed by atoms with Gasteiger partial charge in [0.1, 0.15) is 0 Å². The Bertz CT molecular complexity index is 242. The molecule has 1 heterocycles. The molecule has 14 heavy (non-hydrogen) atoms. The third-order valence-electron chi connectivity index (χ3n) is 2.54. The summed E-state index contributed by atoms with van der Waals surface area (Å²) in [6, 6.07) is 0.247. The second-order valence-corrected chi connectivity index (χ2v) is 3.74. The maximum Gasteiger partial charge on any atom is 0.304 e. The first-order chi connectivity index (χ1) is 6.50. The van der Waals surface area contributed by atoms with Crippen molar-refractivity contribution in [3.63, 3.8) is 0 Å². The first-order valence-electron chi connectivity index (χ1n) is 4.70. The molecule has 1 atom stereocenters. The third-order valence-corrected chi connectivity index (χ3v) is 2.54. The van der Waals surface area contributed by atoms with Gasteiger partial charge in [-0.1, -0.05) is 0 Å². The molecule has 1 aliphatic heterocycles. The van der Waals surface area contributed by atoms with E-state index in [2.05, 4.69) is 0 Å². The molecule has 5 heteroatoms. The van der Waals surface area contributed by atoms with Gasteiger partial charge in [-0.2, -0.15) is 0 Å². The lowest BCUT2D eigenvalue weighted by molar-refractivity contribution is -0.141. The monoisotopic (exact) mass is 200 g/mol. The van der Waals surface area contributed by atoms with Crippen LogP contribution in [0.4, 0.5) is 0 Å². The number of amides is 1. The molecule has 0 radical (unpaired) electrons. The number of hydrogen-bond donors (Lipinski definition) is 1. The molecule has 1 saturated heterocycles. The van der Waals surface area contributed by atoms with Crippen molar-refractivity contribution in [3.05, 3.63) is 0 Å². The first kappa shape index (κ1) is 11.0. The van der Waals surface area contributed by atoms with E-state index in [4.69, 9.17) is 5.11 Å². The fourth-order valence-electron chi connectivity index (χ4n) is 1.60. The largest absolute Gasteiger partial charge is 0.481 e. The van der Waals surface area contributed by atoms with E-state index in [1.807, 2.05) is 11.8 Å². The maximum atomic E-state index is 11.3. The van der Waals surface area contributed by atoms with Crippen LogP contribution in [0.3, 0.4) is 0 Å². The van der Waals surface area contributed by atoms with E-state index in [0.717, 1.165) is 0 Å². The van der Waals surface area contributed by atoms with Crippen LogP contribution in [-0.4, -0.2) is 59.5 Å². The zero-order valence-corrected chi connectivity index (χ0v) is 8.56. The molecule has 1 fully saturated rings. The number of nitrogens with zero attached hydrogens (tertiary/aromatic N) is 2. The second-order valence-electron chi connectivity index (χ2n) is 3.74. The normalized spacial score (nSPS) is 24.0. The molecule has 5 nitrogen and oxygen atoms in total. The van der Waals surface area contributed by atoms with Crippen LogP contribution in [0.5, 0.6) is 0 Å². The molecule has 1 aliphatic rings. The van der Waals surface area contributed by atoms with Crippen molar-refractivity contribution in [3.8, 4) is 0 Å². The highest BCUT2D eigenvalue weighted by molar-refractivity contribution is 5.79. The van der Waals surface area contributed by atoms with Crippen LogP contribution in [0.25, 0.3) is 0 Å². The van der Waals surface area contributed by atoms with Gasteiger partial charge >= 0.3 is 5.97 Å². The molecular formula is C9H16N2O3. The Labute approximate surface area is 83.3 Å². The molecule has 0 bridgehead atoms. The minimum absolute atomic E-state index is 0.0634. The number of hydrogen-bond acceptors (Lipinski definition) is 3. The summed E-state index contributed by atoms with van der Waals surface area (Å²) in [7, 11) is 1.77. The van der Waals surface area contributed by atoms with Crippen molar-refractivity contribution < 1.29 is 14.7 Å². The van der Waals surface area contributed by atoms with E-state index in [-0.39, 0.29) is 18.4 Å². The Morgan fingerprint density at radius 2 is 2.29 bits per heavy atom. The summed E-state index contributed by atoms with van der Waals surface area (Å²) in [4.78, 5) is 25.3. The van der Waals surface area contributed by atoms with Crippen molar-refractivity contribution in [1.29, 1.82) is 0 Å². The summed E-state index contributed by atoms with van der Waals surface area (Å²) in [6.07, 6.45) is 0.0985. The van der Waals surface area contributed by atoms with E-state index < -0.39 is 5.97 Å². The quantitative estimate of drug-likeness (QED) is 0.675. The predicted octanol–water partition coefficient (Wildman–Crippen LogP) is -0.376. The number of piperazine rings is 1. The zero-order chi connectivity index (χ0) is 10.7. The van der Waals surface area contributed by atoms with Crippen LogP contribution in [0.1, 0.15) is 13.3 Å². The molecule has 0 aromatic rings. The Kier molecular flexibility index (Phi) is 3.46. The number of likely N-dealkylation sites (N-methyl/N-ethyl adjacent to an activating group) is 1. The van der Waals surface area contributed by atoms with Gasteiger partial charge in [0.25, 0.3) is 0 Å². The maximum absolute atomic E-state index is 11.3. The van der Waals surface area contributed by atoms with Gasteiger partial charge in [0.15, 0.2) is 0 Å². The van der Waals surface area contributed by atoms with Gasteiger partial charge in [0, 0.05) is 26.2 Å². The Balaban J connectivity index is 2.45. The van der Waals surface area contributed by atoms with Crippen LogP contribution >= 0.6 is 0 Å². The molecule has 0 aromatic carbocycles. The fraction of sp³-hybridized carbons (Fsp3) is 0.778. The summed E-state index contributed by atoms with van der Waals surface area (Å²) in [5, 5.41) is 8.53. The van der Waals surface area contributed by atoms with Gasteiger partial charge in [0.05, 0.1) is 13.0 Å². The minimum atomic E-state index is -0.816. The Hall–Kier alpha value is -1.10. The molecule has 80 valence electrons. The lowest BCUT2D eigenvalue weighted by Crippen LogP contribution is -2.53. The average molecular weight is 200 g/mol. The average Bonchev–Trinajstić information content (AvgIpc) is 2.09. The lowest BCUT2D eigenvalue weighted by atomic mass is 10.2. The molecule has 0 saturated carbocycles. The summed E-state index contributed by atoms with van der Waals surface area (Å²) in [5.41, 5.74) is 0. The molecule has 1 rings (SSSR count). The van der Waals surface area contributed by atoms with Crippen molar-refractivity contribution >= 4 is 11.9 Å². The summed E-state index contributed by atoms with van der Waals surface area (Å²) in [6.45, 7) is 3.48. The van der Waals surface area contributed by atoms with Crippen molar-refractivity contribution in [2.75, 3.05) is 26.7 Å². The van der Waals surface area contributed by atoms with Crippen LogP contribution in [-0.2, 0) is 9.59 Å². The van der Waals surface area contributed by atoms with Gasteiger partial charge in [0.2, 0.25) is 5.91 Å². The smallest absolute Gasteiger partial charge is 0.304 e. The van der Waals surface area contributed by atoms with Gasteiger partial charge in [-0.15, -0.1) is 0 Å². The molecule has 1 unspecified atom stereocenters. The molecule has 0 spiro atoms. The van der Waals surface area contributed by atoms with E-state index in [0.29, 0.717) is 19.6 Å². The van der Waals surface area contributed by atoms with Gasteiger partial charge < -0.3 is 10.0 Å². The topological polar surface area (TPSA) is 60.9 Å². The number of carboxylic acid groups (broad SMARTS) is 1. The Morgan fingerprint density at radius 1 is 1.64 bits per heavy atom. The van der Waals surface area contributed by atoms with Gasteiger partial charge in [-0.3, -0.25) is 14.5 Å². The molecule has 1 amide bonds. The molecular weight excluding hydrogens is 184 g/mol. The second kappa shape index (κ2) is 4.41. The number of aliphatic carboxylic acids is 1. The number of carbonyl (C=O) groups excluding carboxylic acids is 1. The number of carbonyl (C=O) groups is 2. The SMILES string of the molecule is CC1CN(C)C(=O)CN1CCC(=O)O. The summed E-state index contributed by atoms with van der Waals surface area (Å²) in [5.74, 6) is -0.753. The van der Waals surface area contributed by atoms with Crippen molar-refractivity contribution in [2.45, 2.75) is 19.4 Å². The zero-order valence-electron chi connectivity index (χ0n) is 8.56. The van der Waals surface area contributed by atoms with E-state index in [1.165, 1.54) is 0 Å². The first-order valence-corrected chi connectivity index (χ1v) is 4.70. The molecule has 0 aliphatic carbocycles. The van der Waals surface area contributed by atoms with E-state index in [9.17, 15) is 9.59 Å². The summed E-state index contributed by atoms with van der Waals surface area (Å²) < 4.78 is 0. The highest BCUT2D eigenvalue weighted by Crippen LogP contribution is 2.09. The summed E-state index contributed by atoms with van der Waals surface area (Å²) >= 11 is 0. The lowest BCUT2D eigenvalue weighted by Gasteiger charge is -2.37.